The number of carbonyl (C=O) groups is 1. The molecule has 4 nitrogen and oxygen atoms in total. The summed E-state index contributed by atoms with van der Waals surface area (Å²) >= 11 is 0. The number of hydrogen-bond acceptors (Lipinski definition) is 4. The molecule has 5 heteroatoms. The van der Waals surface area contributed by atoms with Crippen molar-refractivity contribution in [1.82, 2.24) is 0 Å². The zero-order valence-electron chi connectivity index (χ0n) is 14.8. The SMILES string of the molecule is COC[C@H](C)Oc1cc(OCCc2ccccc2F)cc(C(C)=O)c1. The van der Waals surface area contributed by atoms with E-state index in [1.165, 1.54) is 13.0 Å². The van der Waals surface area contributed by atoms with Gasteiger partial charge in [0.15, 0.2) is 5.78 Å². The summed E-state index contributed by atoms with van der Waals surface area (Å²) in [5.74, 6) is 0.728. The van der Waals surface area contributed by atoms with E-state index in [1.807, 2.05) is 6.92 Å². The molecule has 0 bridgehead atoms. The maximum Gasteiger partial charge on any atom is 0.160 e. The summed E-state index contributed by atoms with van der Waals surface area (Å²) in [5, 5.41) is 0. The van der Waals surface area contributed by atoms with Crippen LogP contribution in [0.1, 0.15) is 29.8 Å². The van der Waals surface area contributed by atoms with Crippen molar-refractivity contribution in [1.29, 1.82) is 0 Å². The maximum atomic E-state index is 13.6. The highest BCUT2D eigenvalue weighted by atomic mass is 19.1. The molecule has 0 aromatic heterocycles. The second-order valence-electron chi connectivity index (χ2n) is 5.82. The van der Waals surface area contributed by atoms with E-state index in [2.05, 4.69) is 0 Å². The van der Waals surface area contributed by atoms with Crippen LogP contribution in [0.25, 0.3) is 0 Å². The Balaban J connectivity index is 2.06. The van der Waals surface area contributed by atoms with Gasteiger partial charge in [-0.05, 0) is 37.6 Å². The van der Waals surface area contributed by atoms with Crippen LogP contribution < -0.4 is 9.47 Å². The van der Waals surface area contributed by atoms with Gasteiger partial charge in [0, 0.05) is 25.2 Å². The van der Waals surface area contributed by atoms with Gasteiger partial charge in [-0.25, -0.2) is 4.39 Å². The predicted octanol–water partition coefficient (Wildman–Crippen LogP) is 4.06. The molecule has 2 aromatic rings. The second-order valence-corrected chi connectivity index (χ2v) is 5.82. The summed E-state index contributed by atoms with van der Waals surface area (Å²) in [7, 11) is 1.60. The molecule has 134 valence electrons. The Hall–Kier alpha value is -2.40. The highest BCUT2D eigenvalue weighted by molar-refractivity contribution is 5.94. The number of ether oxygens (including phenoxy) is 3. The van der Waals surface area contributed by atoms with Gasteiger partial charge in [-0.1, -0.05) is 18.2 Å². The number of benzene rings is 2. The molecule has 0 fully saturated rings. The zero-order chi connectivity index (χ0) is 18.2. The Morgan fingerprint density at radius 3 is 2.56 bits per heavy atom. The second kappa shape index (κ2) is 9.18. The number of halogens is 1. The van der Waals surface area contributed by atoms with E-state index in [0.29, 0.717) is 42.3 Å². The minimum atomic E-state index is -0.249. The summed E-state index contributed by atoms with van der Waals surface area (Å²) in [6.07, 6.45) is 0.284. The highest BCUT2D eigenvalue weighted by Gasteiger charge is 2.10. The lowest BCUT2D eigenvalue weighted by Gasteiger charge is -2.16. The van der Waals surface area contributed by atoms with Gasteiger partial charge in [-0.2, -0.15) is 0 Å². The molecular weight excluding hydrogens is 323 g/mol. The van der Waals surface area contributed by atoms with Crippen LogP contribution in [0.15, 0.2) is 42.5 Å². The van der Waals surface area contributed by atoms with Crippen molar-refractivity contribution in [2.75, 3.05) is 20.3 Å². The van der Waals surface area contributed by atoms with Crippen molar-refractivity contribution in [3.8, 4) is 11.5 Å². The summed E-state index contributed by atoms with van der Waals surface area (Å²) in [6.45, 7) is 4.10. The fraction of sp³-hybridized carbons (Fsp3) is 0.350. The van der Waals surface area contributed by atoms with Crippen LogP contribution in [0.5, 0.6) is 11.5 Å². The van der Waals surface area contributed by atoms with Crippen molar-refractivity contribution in [3.05, 3.63) is 59.4 Å². The molecule has 2 aromatic carbocycles. The lowest BCUT2D eigenvalue weighted by atomic mass is 10.1. The van der Waals surface area contributed by atoms with Crippen molar-refractivity contribution < 1.29 is 23.4 Å². The molecule has 1 atom stereocenters. The smallest absolute Gasteiger partial charge is 0.160 e. The van der Waals surface area contributed by atoms with Crippen LogP contribution in [-0.2, 0) is 11.2 Å². The Labute approximate surface area is 147 Å². The molecule has 0 spiro atoms. The molecule has 0 saturated carbocycles. The highest BCUT2D eigenvalue weighted by Crippen LogP contribution is 2.24. The van der Waals surface area contributed by atoms with E-state index < -0.39 is 0 Å². The zero-order valence-corrected chi connectivity index (χ0v) is 14.8. The normalized spacial score (nSPS) is 11.8. The van der Waals surface area contributed by atoms with Crippen LogP contribution in [-0.4, -0.2) is 32.2 Å². The molecule has 0 radical (unpaired) electrons. The van der Waals surface area contributed by atoms with Gasteiger partial charge < -0.3 is 14.2 Å². The van der Waals surface area contributed by atoms with Crippen molar-refractivity contribution >= 4 is 5.78 Å². The van der Waals surface area contributed by atoms with Gasteiger partial charge >= 0.3 is 0 Å². The van der Waals surface area contributed by atoms with Crippen LogP contribution in [0.4, 0.5) is 4.39 Å². The molecule has 0 N–H and O–H groups in total. The average Bonchev–Trinajstić information content (AvgIpc) is 2.56. The largest absolute Gasteiger partial charge is 0.493 e. The molecule has 0 unspecified atom stereocenters. The van der Waals surface area contributed by atoms with Crippen LogP contribution in [0, 0.1) is 5.82 Å². The Kier molecular flexibility index (Phi) is 6.95. The van der Waals surface area contributed by atoms with Crippen molar-refractivity contribution in [2.24, 2.45) is 0 Å². The lowest BCUT2D eigenvalue weighted by Crippen LogP contribution is -2.18. The quantitative estimate of drug-likeness (QED) is 0.642. The molecule has 0 aliphatic carbocycles. The first-order valence-electron chi connectivity index (χ1n) is 8.17. The Morgan fingerprint density at radius 2 is 1.88 bits per heavy atom. The fourth-order valence-corrected chi connectivity index (χ4v) is 2.41. The van der Waals surface area contributed by atoms with Gasteiger partial charge in [-0.3, -0.25) is 4.79 Å². The first-order valence-corrected chi connectivity index (χ1v) is 8.17. The third-order valence-corrected chi connectivity index (χ3v) is 3.62. The molecular formula is C20H23FO4. The number of rotatable bonds is 9. The number of methoxy groups -OCH3 is 1. The maximum absolute atomic E-state index is 13.6. The lowest BCUT2D eigenvalue weighted by molar-refractivity contribution is 0.0914. The van der Waals surface area contributed by atoms with Gasteiger partial charge in [-0.15, -0.1) is 0 Å². The molecule has 0 heterocycles. The first kappa shape index (κ1) is 18.9. The minimum Gasteiger partial charge on any atom is -0.493 e. The van der Waals surface area contributed by atoms with Crippen molar-refractivity contribution in [2.45, 2.75) is 26.4 Å². The van der Waals surface area contributed by atoms with Gasteiger partial charge in [0.05, 0.1) is 13.2 Å². The monoisotopic (exact) mass is 346 g/mol. The molecule has 0 saturated heterocycles. The summed E-state index contributed by atoms with van der Waals surface area (Å²) < 4.78 is 30.1. The third-order valence-electron chi connectivity index (χ3n) is 3.62. The summed E-state index contributed by atoms with van der Waals surface area (Å²) in [4.78, 5) is 11.7. The Morgan fingerprint density at radius 1 is 1.16 bits per heavy atom. The van der Waals surface area contributed by atoms with E-state index in [0.717, 1.165) is 0 Å². The van der Waals surface area contributed by atoms with Crippen LogP contribution in [0.3, 0.4) is 0 Å². The van der Waals surface area contributed by atoms with E-state index in [9.17, 15) is 9.18 Å². The third kappa shape index (κ3) is 5.87. The summed E-state index contributed by atoms with van der Waals surface area (Å²) in [5.41, 5.74) is 1.10. The average molecular weight is 346 g/mol. The fourth-order valence-electron chi connectivity index (χ4n) is 2.41. The summed E-state index contributed by atoms with van der Waals surface area (Å²) in [6, 6.07) is 11.7. The first-order chi connectivity index (χ1) is 12.0. The van der Waals surface area contributed by atoms with E-state index >= 15 is 0 Å². The van der Waals surface area contributed by atoms with Crippen LogP contribution in [0.2, 0.25) is 0 Å². The van der Waals surface area contributed by atoms with Gasteiger partial charge in [0.1, 0.15) is 23.4 Å². The molecule has 2 rings (SSSR count). The van der Waals surface area contributed by atoms with E-state index in [1.54, 1.807) is 43.5 Å². The molecule has 0 amide bonds. The standard InChI is InChI=1S/C20H23FO4/c1-14(13-23-3)25-19-11-17(15(2)22)10-18(12-19)24-9-8-16-6-4-5-7-20(16)21/h4-7,10-12,14H,8-9,13H2,1-3H3/t14-/m0/s1. The van der Waals surface area contributed by atoms with Gasteiger partial charge in [0.2, 0.25) is 0 Å². The van der Waals surface area contributed by atoms with E-state index in [-0.39, 0.29) is 17.7 Å². The minimum absolute atomic E-state index is 0.0798. The molecule has 0 aliphatic heterocycles. The molecule has 0 aliphatic rings. The number of ketones is 1. The van der Waals surface area contributed by atoms with Crippen LogP contribution >= 0.6 is 0 Å². The Bertz CT molecular complexity index is 715. The van der Waals surface area contributed by atoms with Gasteiger partial charge in [0.25, 0.3) is 0 Å². The number of hydrogen-bond donors (Lipinski definition) is 0. The topological polar surface area (TPSA) is 44.8 Å². The number of carbonyl (C=O) groups excluding carboxylic acids is 1. The molecule has 25 heavy (non-hydrogen) atoms. The number of Topliss-reactive ketones (excluding diaryl/α,β-unsaturated/α-hetero) is 1. The predicted molar refractivity (Wildman–Crippen MR) is 94.0 cm³/mol. The van der Waals surface area contributed by atoms with E-state index in [4.69, 9.17) is 14.2 Å². The van der Waals surface area contributed by atoms with Crippen molar-refractivity contribution in [3.63, 3.8) is 0 Å².